The van der Waals surface area contributed by atoms with Crippen LogP contribution in [0.2, 0.25) is 0 Å². The maximum atomic E-state index is 12.9. The molecule has 2 aromatic carbocycles. The van der Waals surface area contributed by atoms with E-state index in [0.717, 1.165) is 31.6 Å². The Labute approximate surface area is 201 Å². The normalized spacial score (nSPS) is 18.0. The number of nitrogens with zero attached hydrogens (tertiary/aromatic N) is 2. The molecule has 1 N–H and O–H groups in total. The Morgan fingerprint density at radius 1 is 1.03 bits per heavy atom. The molecule has 0 bridgehead atoms. The van der Waals surface area contributed by atoms with Crippen molar-refractivity contribution in [3.05, 3.63) is 60.2 Å². The van der Waals surface area contributed by atoms with Crippen LogP contribution in [0.5, 0.6) is 11.5 Å². The topological polar surface area (TPSA) is 88.2 Å². The van der Waals surface area contributed by atoms with E-state index in [2.05, 4.69) is 33.9 Å². The van der Waals surface area contributed by atoms with Crippen molar-refractivity contribution >= 4 is 22.0 Å². The number of sulfonamides is 1. The van der Waals surface area contributed by atoms with Crippen LogP contribution < -0.4 is 14.2 Å². The molecule has 2 heterocycles. The van der Waals surface area contributed by atoms with E-state index in [1.807, 2.05) is 18.2 Å². The monoisotopic (exact) mass is 485 g/mol. The van der Waals surface area contributed by atoms with Crippen molar-refractivity contribution in [2.75, 3.05) is 45.9 Å². The number of nitrogens with one attached hydrogen (secondary N) is 1. The molecule has 0 spiro atoms. The molecular weight excluding hydrogens is 454 g/mol. The molecule has 9 heteroatoms. The molecule has 0 aliphatic carbocycles. The van der Waals surface area contributed by atoms with Crippen LogP contribution in [-0.4, -0.2) is 76.1 Å². The Balaban J connectivity index is 1.29. The van der Waals surface area contributed by atoms with Gasteiger partial charge in [0.05, 0.1) is 24.2 Å². The zero-order valence-corrected chi connectivity index (χ0v) is 20.2. The Bertz CT molecular complexity index is 1110. The lowest BCUT2D eigenvalue weighted by molar-refractivity contribution is -0.134. The minimum atomic E-state index is -3.89. The molecule has 2 aliphatic rings. The van der Waals surface area contributed by atoms with E-state index < -0.39 is 16.1 Å². The molecule has 0 aromatic heterocycles. The SMILES string of the molecule is CC(NS(=O)(=O)c1ccc2c(c1)OCCCO2)C(=O)N1CCN(CC=Cc2ccccc2)CC1. The summed E-state index contributed by atoms with van der Waals surface area (Å²) in [5.74, 6) is 0.700. The lowest BCUT2D eigenvalue weighted by atomic mass is 10.2. The Hall–Kier alpha value is -2.88. The number of fused-ring (bicyclic) bond motifs is 1. The average Bonchev–Trinajstić information content (AvgIpc) is 3.09. The second kappa shape index (κ2) is 11.0. The number of hydrogen-bond acceptors (Lipinski definition) is 6. The predicted molar refractivity (Wildman–Crippen MR) is 130 cm³/mol. The summed E-state index contributed by atoms with van der Waals surface area (Å²) in [6.45, 7) is 5.99. The molecule has 0 radical (unpaired) electrons. The largest absolute Gasteiger partial charge is 0.490 e. The van der Waals surface area contributed by atoms with Gasteiger partial charge in [-0.2, -0.15) is 4.72 Å². The van der Waals surface area contributed by atoms with Gasteiger partial charge in [0.2, 0.25) is 15.9 Å². The molecule has 1 amide bonds. The first-order valence-corrected chi connectivity index (χ1v) is 13.1. The molecule has 1 saturated heterocycles. The van der Waals surface area contributed by atoms with Gasteiger partial charge in [0.1, 0.15) is 0 Å². The summed E-state index contributed by atoms with van der Waals surface area (Å²) in [6.07, 6.45) is 4.95. The third-order valence-electron chi connectivity index (χ3n) is 5.89. The number of benzene rings is 2. The van der Waals surface area contributed by atoms with E-state index in [1.165, 1.54) is 12.1 Å². The van der Waals surface area contributed by atoms with Crippen LogP contribution in [0.15, 0.2) is 59.5 Å². The highest BCUT2D eigenvalue weighted by molar-refractivity contribution is 7.89. The molecular formula is C25H31N3O5S. The van der Waals surface area contributed by atoms with E-state index in [0.29, 0.717) is 37.8 Å². The minimum absolute atomic E-state index is 0.0476. The molecule has 1 fully saturated rings. The summed E-state index contributed by atoms with van der Waals surface area (Å²) in [7, 11) is -3.89. The zero-order chi connectivity index (χ0) is 24.0. The number of amides is 1. The van der Waals surface area contributed by atoms with Gasteiger partial charge in [-0.05, 0) is 24.6 Å². The van der Waals surface area contributed by atoms with Gasteiger partial charge in [0.15, 0.2) is 11.5 Å². The fraction of sp³-hybridized carbons (Fsp3) is 0.400. The molecule has 1 atom stereocenters. The molecule has 2 aromatic rings. The van der Waals surface area contributed by atoms with Gasteiger partial charge in [0.25, 0.3) is 0 Å². The van der Waals surface area contributed by atoms with Gasteiger partial charge in [-0.25, -0.2) is 8.42 Å². The summed E-state index contributed by atoms with van der Waals surface area (Å²) in [5, 5.41) is 0. The second-order valence-electron chi connectivity index (χ2n) is 8.44. The van der Waals surface area contributed by atoms with Crippen molar-refractivity contribution in [3.63, 3.8) is 0 Å². The lowest BCUT2D eigenvalue weighted by Gasteiger charge is -2.35. The van der Waals surface area contributed by atoms with Crippen molar-refractivity contribution in [2.45, 2.75) is 24.3 Å². The molecule has 34 heavy (non-hydrogen) atoms. The van der Waals surface area contributed by atoms with Gasteiger partial charge in [-0.1, -0.05) is 42.5 Å². The number of rotatable bonds is 7. The van der Waals surface area contributed by atoms with Crippen molar-refractivity contribution in [1.29, 1.82) is 0 Å². The van der Waals surface area contributed by atoms with Crippen molar-refractivity contribution in [1.82, 2.24) is 14.5 Å². The average molecular weight is 486 g/mol. The predicted octanol–water partition coefficient (Wildman–Crippen LogP) is 2.37. The first kappa shape index (κ1) is 24.3. The number of piperazine rings is 1. The van der Waals surface area contributed by atoms with E-state index in [-0.39, 0.29) is 10.8 Å². The Morgan fingerprint density at radius 2 is 1.74 bits per heavy atom. The zero-order valence-electron chi connectivity index (χ0n) is 19.4. The van der Waals surface area contributed by atoms with Gasteiger partial charge in [-0.3, -0.25) is 9.69 Å². The number of carbonyl (C=O) groups excluding carboxylic acids is 1. The quantitative estimate of drug-likeness (QED) is 0.648. The maximum absolute atomic E-state index is 12.9. The van der Waals surface area contributed by atoms with E-state index in [1.54, 1.807) is 17.9 Å². The Kier molecular flexibility index (Phi) is 7.87. The van der Waals surface area contributed by atoms with E-state index in [4.69, 9.17) is 9.47 Å². The summed E-state index contributed by atoms with van der Waals surface area (Å²) >= 11 is 0. The van der Waals surface area contributed by atoms with Crippen LogP contribution in [0.4, 0.5) is 0 Å². The molecule has 0 saturated carbocycles. The van der Waals surface area contributed by atoms with Crippen LogP contribution in [0.25, 0.3) is 6.08 Å². The van der Waals surface area contributed by atoms with E-state index >= 15 is 0 Å². The summed E-state index contributed by atoms with van der Waals surface area (Å²) in [4.78, 5) is 17.0. The van der Waals surface area contributed by atoms with Crippen LogP contribution in [-0.2, 0) is 14.8 Å². The second-order valence-corrected chi connectivity index (χ2v) is 10.2. The highest BCUT2D eigenvalue weighted by Gasteiger charge is 2.28. The smallest absolute Gasteiger partial charge is 0.241 e. The number of ether oxygens (including phenoxy) is 2. The van der Waals surface area contributed by atoms with Crippen molar-refractivity contribution < 1.29 is 22.7 Å². The molecule has 8 nitrogen and oxygen atoms in total. The summed E-state index contributed by atoms with van der Waals surface area (Å²) in [5.41, 5.74) is 1.16. The molecule has 1 unspecified atom stereocenters. The molecule has 182 valence electrons. The maximum Gasteiger partial charge on any atom is 0.241 e. The van der Waals surface area contributed by atoms with Crippen molar-refractivity contribution in [3.8, 4) is 11.5 Å². The minimum Gasteiger partial charge on any atom is -0.490 e. The van der Waals surface area contributed by atoms with Crippen LogP contribution >= 0.6 is 0 Å². The van der Waals surface area contributed by atoms with Gasteiger partial charge in [0, 0.05) is 45.2 Å². The molecule has 2 aliphatic heterocycles. The highest BCUT2D eigenvalue weighted by Crippen LogP contribution is 2.31. The number of carbonyl (C=O) groups is 1. The Morgan fingerprint density at radius 3 is 2.47 bits per heavy atom. The van der Waals surface area contributed by atoms with Gasteiger partial charge in [-0.15, -0.1) is 0 Å². The van der Waals surface area contributed by atoms with Crippen molar-refractivity contribution in [2.24, 2.45) is 0 Å². The van der Waals surface area contributed by atoms with Gasteiger partial charge < -0.3 is 14.4 Å². The summed E-state index contributed by atoms with van der Waals surface area (Å²) < 4.78 is 39.5. The third kappa shape index (κ3) is 6.16. The molecule has 4 rings (SSSR count). The first-order valence-electron chi connectivity index (χ1n) is 11.6. The standard InChI is InChI=1S/C25H31N3O5S/c1-20(26-34(30,31)22-10-11-23-24(19-22)33-18-6-17-32-23)25(29)28-15-13-27(14-16-28)12-5-9-21-7-3-2-4-8-21/h2-5,7-11,19-20,26H,6,12-18H2,1H3. The lowest BCUT2D eigenvalue weighted by Crippen LogP contribution is -2.54. The van der Waals surface area contributed by atoms with Crippen LogP contribution in [0.3, 0.4) is 0 Å². The van der Waals surface area contributed by atoms with Gasteiger partial charge >= 0.3 is 0 Å². The third-order valence-corrected chi connectivity index (χ3v) is 7.43. The fourth-order valence-corrected chi connectivity index (χ4v) is 5.20. The summed E-state index contributed by atoms with van der Waals surface area (Å²) in [6, 6.07) is 13.8. The highest BCUT2D eigenvalue weighted by atomic mass is 32.2. The van der Waals surface area contributed by atoms with E-state index in [9.17, 15) is 13.2 Å². The van der Waals surface area contributed by atoms with Crippen LogP contribution in [0, 0.1) is 0 Å². The number of hydrogen-bond donors (Lipinski definition) is 1. The first-order chi connectivity index (χ1) is 16.4. The van der Waals surface area contributed by atoms with Crippen LogP contribution in [0.1, 0.15) is 18.9 Å². The fourth-order valence-electron chi connectivity index (χ4n) is 3.99.